The first-order chi connectivity index (χ1) is 8.18. The zero-order valence-corrected chi connectivity index (χ0v) is 11.4. The molecule has 1 saturated heterocycles. The van der Waals surface area contributed by atoms with Crippen molar-refractivity contribution in [2.75, 3.05) is 20.2 Å². The summed E-state index contributed by atoms with van der Waals surface area (Å²) in [4.78, 5) is 20.1. The van der Waals surface area contributed by atoms with Crippen LogP contribution in [0.15, 0.2) is 15.6 Å². The van der Waals surface area contributed by atoms with Crippen molar-refractivity contribution in [2.45, 2.75) is 25.3 Å². The van der Waals surface area contributed by atoms with Gasteiger partial charge in [-0.25, -0.2) is 4.98 Å². The lowest BCUT2D eigenvalue weighted by Crippen LogP contribution is -2.26. The van der Waals surface area contributed by atoms with Crippen LogP contribution in [0.25, 0.3) is 0 Å². The van der Waals surface area contributed by atoms with E-state index in [0.29, 0.717) is 23.0 Å². The summed E-state index contributed by atoms with van der Waals surface area (Å²) >= 11 is 3.16. The Morgan fingerprint density at radius 2 is 2.53 bits per heavy atom. The zero-order valence-electron chi connectivity index (χ0n) is 9.78. The average Bonchev–Trinajstić information content (AvgIpc) is 2.71. The molecule has 1 aliphatic rings. The fraction of sp³-hybridized carbons (Fsp3) is 0.636. The molecular formula is C11H16BrN3O2. The molecule has 17 heavy (non-hydrogen) atoms. The number of rotatable bonds is 4. The third kappa shape index (κ3) is 3.07. The molecule has 0 bridgehead atoms. The van der Waals surface area contributed by atoms with Crippen LogP contribution in [0.2, 0.25) is 0 Å². The predicted octanol–water partition coefficient (Wildman–Crippen LogP) is 1.40. The van der Waals surface area contributed by atoms with Crippen molar-refractivity contribution in [3.63, 3.8) is 0 Å². The van der Waals surface area contributed by atoms with E-state index in [1.807, 2.05) is 0 Å². The van der Waals surface area contributed by atoms with Gasteiger partial charge in [-0.1, -0.05) is 0 Å². The Balaban J connectivity index is 1.86. The minimum atomic E-state index is -0.215. The fourth-order valence-electron chi connectivity index (χ4n) is 2.10. The standard InChI is InChI=1S/C11H16BrN3O2/c1-15-5-2-3-8(15)4-6-17-11-9(12)10(16)13-7-14-11/h7-8H,2-6H2,1H3,(H,13,14,16). The molecule has 94 valence electrons. The van der Waals surface area contributed by atoms with Crippen LogP contribution in [0.5, 0.6) is 5.88 Å². The molecular weight excluding hydrogens is 286 g/mol. The first kappa shape index (κ1) is 12.6. The van der Waals surface area contributed by atoms with Gasteiger partial charge in [0.1, 0.15) is 4.47 Å². The lowest BCUT2D eigenvalue weighted by molar-refractivity contribution is 0.227. The summed E-state index contributed by atoms with van der Waals surface area (Å²) in [5.41, 5.74) is -0.215. The fourth-order valence-corrected chi connectivity index (χ4v) is 2.43. The van der Waals surface area contributed by atoms with Crippen molar-refractivity contribution in [2.24, 2.45) is 0 Å². The monoisotopic (exact) mass is 301 g/mol. The van der Waals surface area contributed by atoms with Gasteiger partial charge in [0, 0.05) is 6.04 Å². The number of hydrogen-bond acceptors (Lipinski definition) is 4. The van der Waals surface area contributed by atoms with Crippen LogP contribution in [0.1, 0.15) is 19.3 Å². The number of nitrogens with one attached hydrogen (secondary N) is 1. The molecule has 0 radical (unpaired) electrons. The second kappa shape index (κ2) is 5.64. The lowest BCUT2D eigenvalue weighted by Gasteiger charge is -2.19. The Morgan fingerprint density at radius 1 is 1.71 bits per heavy atom. The SMILES string of the molecule is CN1CCCC1CCOc1nc[nH]c(=O)c1Br. The minimum absolute atomic E-state index is 0.215. The second-order valence-electron chi connectivity index (χ2n) is 4.26. The number of H-pyrrole nitrogens is 1. The Labute approximate surface area is 108 Å². The number of aromatic amines is 1. The van der Waals surface area contributed by atoms with Crippen molar-refractivity contribution in [1.82, 2.24) is 14.9 Å². The Kier molecular flexibility index (Phi) is 4.17. The van der Waals surface area contributed by atoms with Gasteiger partial charge in [-0.2, -0.15) is 0 Å². The van der Waals surface area contributed by atoms with Gasteiger partial charge in [0.2, 0.25) is 5.88 Å². The minimum Gasteiger partial charge on any atom is -0.477 e. The maximum Gasteiger partial charge on any atom is 0.268 e. The maximum atomic E-state index is 11.3. The molecule has 0 aromatic carbocycles. The molecule has 0 amide bonds. The number of hydrogen-bond donors (Lipinski definition) is 1. The number of likely N-dealkylation sites (tertiary alicyclic amines) is 1. The van der Waals surface area contributed by atoms with Gasteiger partial charge in [-0.05, 0) is 48.8 Å². The van der Waals surface area contributed by atoms with Gasteiger partial charge >= 0.3 is 0 Å². The summed E-state index contributed by atoms with van der Waals surface area (Å²) < 4.78 is 5.88. The normalized spacial score (nSPS) is 20.7. The van der Waals surface area contributed by atoms with E-state index in [0.717, 1.165) is 13.0 Å². The summed E-state index contributed by atoms with van der Waals surface area (Å²) in [6, 6.07) is 0.593. The van der Waals surface area contributed by atoms with Crippen LogP contribution < -0.4 is 10.3 Å². The Morgan fingerprint density at radius 3 is 3.24 bits per heavy atom. The van der Waals surface area contributed by atoms with Gasteiger partial charge in [0.15, 0.2) is 0 Å². The van der Waals surface area contributed by atoms with Crippen LogP contribution in [-0.2, 0) is 0 Å². The van der Waals surface area contributed by atoms with Crippen LogP contribution in [0.3, 0.4) is 0 Å². The molecule has 0 saturated carbocycles. The van der Waals surface area contributed by atoms with Gasteiger partial charge in [0.05, 0.1) is 12.9 Å². The largest absolute Gasteiger partial charge is 0.477 e. The molecule has 1 aromatic rings. The molecule has 1 unspecified atom stereocenters. The van der Waals surface area contributed by atoms with Crippen LogP contribution in [0, 0.1) is 0 Å². The summed E-state index contributed by atoms with van der Waals surface area (Å²) in [5, 5.41) is 0. The zero-order chi connectivity index (χ0) is 12.3. The number of halogens is 1. The maximum absolute atomic E-state index is 11.3. The summed E-state index contributed by atoms with van der Waals surface area (Å²) in [7, 11) is 2.14. The van der Waals surface area contributed by atoms with Gasteiger partial charge in [-0.15, -0.1) is 0 Å². The summed E-state index contributed by atoms with van der Waals surface area (Å²) in [6.07, 6.45) is 4.81. The summed E-state index contributed by atoms with van der Waals surface area (Å²) in [6.45, 7) is 1.75. The molecule has 1 aliphatic heterocycles. The first-order valence-electron chi connectivity index (χ1n) is 5.74. The highest BCUT2D eigenvalue weighted by Crippen LogP contribution is 2.20. The lowest BCUT2D eigenvalue weighted by atomic mass is 10.1. The summed E-state index contributed by atoms with van der Waals surface area (Å²) in [5.74, 6) is 0.370. The molecule has 2 heterocycles. The molecule has 0 aliphatic carbocycles. The molecule has 2 rings (SSSR count). The Hall–Kier alpha value is -0.880. The van der Waals surface area contributed by atoms with Crippen molar-refractivity contribution in [1.29, 1.82) is 0 Å². The topological polar surface area (TPSA) is 58.2 Å². The quantitative estimate of drug-likeness (QED) is 0.913. The van der Waals surface area contributed by atoms with Crippen LogP contribution >= 0.6 is 15.9 Å². The van der Waals surface area contributed by atoms with Gasteiger partial charge < -0.3 is 14.6 Å². The van der Waals surface area contributed by atoms with E-state index in [1.165, 1.54) is 19.2 Å². The van der Waals surface area contributed by atoms with E-state index in [-0.39, 0.29) is 5.56 Å². The molecule has 1 fully saturated rings. The third-order valence-electron chi connectivity index (χ3n) is 3.13. The van der Waals surface area contributed by atoms with Crippen molar-refractivity contribution < 1.29 is 4.74 Å². The smallest absolute Gasteiger partial charge is 0.268 e. The van der Waals surface area contributed by atoms with Gasteiger partial charge in [0.25, 0.3) is 5.56 Å². The van der Waals surface area contributed by atoms with E-state index in [2.05, 4.69) is 37.8 Å². The van der Waals surface area contributed by atoms with Crippen LogP contribution in [-0.4, -0.2) is 41.1 Å². The van der Waals surface area contributed by atoms with Crippen molar-refractivity contribution >= 4 is 15.9 Å². The highest BCUT2D eigenvalue weighted by atomic mass is 79.9. The predicted molar refractivity (Wildman–Crippen MR) is 68.3 cm³/mol. The van der Waals surface area contributed by atoms with E-state index >= 15 is 0 Å². The highest BCUT2D eigenvalue weighted by molar-refractivity contribution is 9.10. The van der Waals surface area contributed by atoms with E-state index in [9.17, 15) is 4.79 Å². The number of nitrogens with zero attached hydrogens (tertiary/aromatic N) is 2. The first-order valence-corrected chi connectivity index (χ1v) is 6.54. The van der Waals surface area contributed by atoms with Crippen molar-refractivity contribution in [3.05, 3.63) is 21.2 Å². The van der Waals surface area contributed by atoms with Crippen LogP contribution in [0.4, 0.5) is 0 Å². The van der Waals surface area contributed by atoms with Crippen molar-refractivity contribution in [3.8, 4) is 5.88 Å². The average molecular weight is 302 g/mol. The molecule has 6 heteroatoms. The Bertz CT molecular complexity index is 435. The van der Waals surface area contributed by atoms with E-state index < -0.39 is 0 Å². The molecule has 1 N–H and O–H groups in total. The number of aromatic nitrogens is 2. The molecule has 5 nitrogen and oxygen atoms in total. The van der Waals surface area contributed by atoms with E-state index in [1.54, 1.807) is 0 Å². The second-order valence-corrected chi connectivity index (χ2v) is 5.06. The van der Waals surface area contributed by atoms with Gasteiger partial charge in [-0.3, -0.25) is 4.79 Å². The van der Waals surface area contributed by atoms with E-state index in [4.69, 9.17) is 4.74 Å². The number of ether oxygens (including phenoxy) is 1. The molecule has 0 spiro atoms. The third-order valence-corrected chi connectivity index (χ3v) is 3.83. The highest BCUT2D eigenvalue weighted by Gasteiger charge is 2.20. The molecule has 1 aromatic heterocycles. The molecule has 1 atom stereocenters.